The highest BCUT2D eigenvalue weighted by Gasteiger charge is 2.30. The van der Waals surface area contributed by atoms with E-state index in [9.17, 15) is 5.11 Å². The van der Waals surface area contributed by atoms with Crippen LogP contribution in [0.5, 0.6) is 5.75 Å². The Morgan fingerprint density at radius 1 is 1.03 bits per heavy atom. The first-order valence-corrected chi connectivity index (χ1v) is 11.3. The molecule has 1 heterocycles. The summed E-state index contributed by atoms with van der Waals surface area (Å²) in [6.07, 6.45) is 4.67. The molecule has 1 saturated heterocycles. The average molecular weight is 405 g/mol. The molecule has 0 spiro atoms. The molecule has 5 heteroatoms. The minimum atomic E-state index is -0.409. The largest absolute Gasteiger partial charge is 0.495 e. The first kappa shape index (κ1) is 22.4. The summed E-state index contributed by atoms with van der Waals surface area (Å²) < 4.78 is 11.6. The summed E-state index contributed by atoms with van der Waals surface area (Å²) in [7, 11) is 1.72. The number of aliphatic hydroxyl groups excluding tert-OH is 1. The molecule has 0 amide bonds. The third-order valence-electron chi connectivity index (χ3n) is 6.69. The third-order valence-corrected chi connectivity index (χ3v) is 6.69. The van der Waals surface area contributed by atoms with Gasteiger partial charge in [0.25, 0.3) is 0 Å². The van der Waals surface area contributed by atoms with E-state index < -0.39 is 6.10 Å². The summed E-state index contributed by atoms with van der Waals surface area (Å²) >= 11 is 0. The Kier molecular flexibility index (Phi) is 7.83. The molecule has 1 N–H and O–H groups in total. The van der Waals surface area contributed by atoms with Gasteiger partial charge in [-0.2, -0.15) is 0 Å². The zero-order valence-electron chi connectivity index (χ0n) is 18.8. The van der Waals surface area contributed by atoms with Gasteiger partial charge in [-0.15, -0.1) is 0 Å². The number of hydrogen-bond donors (Lipinski definition) is 1. The summed E-state index contributed by atoms with van der Waals surface area (Å²) in [5.41, 5.74) is 1.56. The molecule has 0 aromatic heterocycles. The molecule has 1 aromatic rings. The van der Waals surface area contributed by atoms with E-state index in [0.717, 1.165) is 56.4 Å². The van der Waals surface area contributed by atoms with Crippen LogP contribution in [0.2, 0.25) is 0 Å². The zero-order valence-corrected chi connectivity index (χ0v) is 18.8. The lowest BCUT2D eigenvalue weighted by Crippen LogP contribution is -2.49. The number of anilines is 1. The van der Waals surface area contributed by atoms with Gasteiger partial charge in [-0.1, -0.05) is 32.9 Å². The lowest BCUT2D eigenvalue weighted by Gasteiger charge is -2.38. The number of β-amino-alcohol motifs (C(OH)–C–C–N with tert-alkyl or cyclic N) is 1. The molecular weight excluding hydrogens is 364 g/mol. The van der Waals surface area contributed by atoms with Gasteiger partial charge >= 0.3 is 0 Å². The zero-order chi connectivity index (χ0) is 20.9. The van der Waals surface area contributed by atoms with E-state index >= 15 is 0 Å². The fourth-order valence-corrected chi connectivity index (χ4v) is 4.76. The predicted molar refractivity (Wildman–Crippen MR) is 119 cm³/mol. The standard InChI is InChI=1S/C24H40N2O3/c1-24(2,3)19-9-11-21(12-10-19)29-18-20(27)17-25-13-15-26(16-14-25)22-7-5-6-8-23(22)28-4/h5-8,19-21,27H,9-18H2,1-4H3/t19?,20-,21?/m0/s1. The molecule has 1 aliphatic heterocycles. The molecule has 1 atom stereocenters. The lowest BCUT2D eigenvalue weighted by atomic mass is 9.72. The van der Waals surface area contributed by atoms with Crippen molar-refractivity contribution >= 4 is 5.69 Å². The van der Waals surface area contributed by atoms with Crippen molar-refractivity contribution in [1.82, 2.24) is 4.90 Å². The van der Waals surface area contributed by atoms with Crippen LogP contribution in [-0.2, 0) is 4.74 Å². The second kappa shape index (κ2) is 10.1. The van der Waals surface area contributed by atoms with Gasteiger partial charge in [-0.05, 0) is 49.1 Å². The summed E-state index contributed by atoms with van der Waals surface area (Å²) in [6, 6.07) is 8.19. The van der Waals surface area contributed by atoms with Crippen LogP contribution in [0.25, 0.3) is 0 Å². The lowest BCUT2D eigenvalue weighted by molar-refractivity contribution is -0.0446. The molecule has 1 aromatic carbocycles. The van der Waals surface area contributed by atoms with E-state index in [1.54, 1.807) is 7.11 Å². The van der Waals surface area contributed by atoms with Gasteiger partial charge in [0.2, 0.25) is 0 Å². The normalized spacial score (nSPS) is 25.1. The van der Waals surface area contributed by atoms with Gasteiger partial charge in [-0.3, -0.25) is 4.90 Å². The molecule has 2 aliphatic rings. The fourth-order valence-electron chi connectivity index (χ4n) is 4.76. The van der Waals surface area contributed by atoms with E-state index in [1.165, 1.54) is 12.8 Å². The fraction of sp³-hybridized carbons (Fsp3) is 0.750. The van der Waals surface area contributed by atoms with Crippen LogP contribution >= 0.6 is 0 Å². The Labute approximate surface area is 177 Å². The second-order valence-corrected chi connectivity index (χ2v) is 9.79. The summed E-state index contributed by atoms with van der Waals surface area (Å²) in [6.45, 7) is 12.0. The molecule has 164 valence electrons. The first-order valence-electron chi connectivity index (χ1n) is 11.3. The topological polar surface area (TPSA) is 45.2 Å². The van der Waals surface area contributed by atoms with Crippen molar-refractivity contribution in [3.05, 3.63) is 24.3 Å². The highest BCUT2D eigenvalue weighted by Crippen LogP contribution is 2.38. The van der Waals surface area contributed by atoms with Gasteiger partial charge < -0.3 is 19.5 Å². The Morgan fingerprint density at radius 2 is 1.69 bits per heavy atom. The molecule has 0 unspecified atom stereocenters. The molecule has 1 saturated carbocycles. The number of rotatable bonds is 7. The highest BCUT2D eigenvalue weighted by atomic mass is 16.5. The van der Waals surface area contributed by atoms with Crippen LogP contribution in [0.1, 0.15) is 46.5 Å². The Hall–Kier alpha value is -1.30. The molecule has 0 radical (unpaired) electrons. The second-order valence-electron chi connectivity index (χ2n) is 9.79. The number of piperazine rings is 1. The first-order chi connectivity index (χ1) is 13.9. The van der Waals surface area contributed by atoms with Crippen LogP contribution in [-0.4, -0.2) is 68.7 Å². The minimum Gasteiger partial charge on any atom is -0.495 e. The summed E-state index contributed by atoms with van der Waals surface area (Å²) in [4.78, 5) is 4.71. The molecule has 2 fully saturated rings. The number of hydrogen-bond acceptors (Lipinski definition) is 5. The summed E-state index contributed by atoms with van der Waals surface area (Å²) in [5, 5.41) is 10.5. The molecular formula is C24H40N2O3. The maximum Gasteiger partial charge on any atom is 0.142 e. The number of nitrogens with zero attached hydrogens (tertiary/aromatic N) is 2. The van der Waals surface area contributed by atoms with Gasteiger partial charge in [0, 0.05) is 32.7 Å². The van der Waals surface area contributed by atoms with E-state index in [4.69, 9.17) is 9.47 Å². The van der Waals surface area contributed by atoms with Crippen LogP contribution in [0.4, 0.5) is 5.69 Å². The smallest absolute Gasteiger partial charge is 0.142 e. The number of aliphatic hydroxyl groups is 1. The van der Waals surface area contributed by atoms with Crippen molar-refractivity contribution in [3.63, 3.8) is 0 Å². The number of para-hydroxylation sites is 2. The van der Waals surface area contributed by atoms with Gasteiger partial charge in [0.15, 0.2) is 0 Å². The predicted octanol–water partition coefficient (Wildman–Crippen LogP) is 3.80. The minimum absolute atomic E-state index is 0.325. The summed E-state index contributed by atoms with van der Waals surface area (Å²) in [5.74, 6) is 1.72. The van der Waals surface area contributed by atoms with Crippen LogP contribution in [0.3, 0.4) is 0 Å². The van der Waals surface area contributed by atoms with Crippen molar-refractivity contribution in [2.24, 2.45) is 11.3 Å². The van der Waals surface area contributed by atoms with Crippen LogP contribution in [0.15, 0.2) is 24.3 Å². The van der Waals surface area contributed by atoms with Gasteiger partial charge in [-0.25, -0.2) is 0 Å². The Morgan fingerprint density at radius 3 is 2.31 bits per heavy atom. The monoisotopic (exact) mass is 404 g/mol. The average Bonchev–Trinajstić information content (AvgIpc) is 2.72. The van der Waals surface area contributed by atoms with Gasteiger partial charge in [0.1, 0.15) is 5.75 Å². The molecule has 0 bridgehead atoms. The molecule has 29 heavy (non-hydrogen) atoms. The van der Waals surface area contributed by atoms with Gasteiger partial charge in [0.05, 0.1) is 31.6 Å². The number of methoxy groups -OCH3 is 1. The van der Waals surface area contributed by atoms with E-state index in [-0.39, 0.29) is 0 Å². The maximum absolute atomic E-state index is 10.5. The number of benzene rings is 1. The van der Waals surface area contributed by atoms with Crippen molar-refractivity contribution in [3.8, 4) is 5.75 Å². The Bertz CT molecular complexity index is 615. The quantitative estimate of drug-likeness (QED) is 0.749. The van der Waals surface area contributed by atoms with E-state index in [0.29, 0.717) is 24.7 Å². The van der Waals surface area contributed by atoms with E-state index in [1.807, 2.05) is 12.1 Å². The molecule has 3 rings (SSSR count). The number of ether oxygens (including phenoxy) is 2. The SMILES string of the molecule is COc1ccccc1N1CCN(C[C@H](O)COC2CCC(C(C)(C)C)CC2)CC1. The van der Waals surface area contributed by atoms with E-state index in [2.05, 4.69) is 42.7 Å². The molecule has 1 aliphatic carbocycles. The van der Waals surface area contributed by atoms with Crippen LogP contribution < -0.4 is 9.64 Å². The molecule has 5 nitrogen and oxygen atoms in total. The third kappa shape index (κ3) is 6.34. The van der Waals surface area contributed by atoms with Crippen LogP contribution in [0, 0.1) is 11.3 Å². The maximum atomic E-state index is 10.5. The highest BCUT2D eigenvalue weighted by molar-refractivity contribution is 5.58. The Balaban J connectivity index is 1.35. The van der Waals surface area contributed by atoms with Crippen molar-refractivity contribution in [2.45, 2.75) is 58.7 Å². The van der Waals surface area contributed by atoms with Crippen molar-refractivity contribution in [2.75, 3.05) is 51.3 Å². The van der Waals surface area contributed by atoms with Crippen molar-refractivity contribution in [1.29, 1.82) is 0 Å². The van der Waals surface area contributed by atoms with Crippen molar-refractivity contribution < 1.29 is 14.6 Å².